The van der Waals surface area contributed by atoms with Gasteiger partial charge in [-0.25, -0.2) is 0 Å². The predicted octanol–water partition coefficient (Wildman–Crippen LogP) is 2.99. The molecule has 100 valence electrons. The SMILES string of the molecule is Cc1cccc(C2CC(NC(C)CCCO)C2)c1. The van der Waals surface area contributed by atoms with E-state index in [0.29, 0.717) is 18.7 Å². The van der Waals surface area contributed by atoms with Crippen molar-refractivity contribution < 1.29 is 5.11 Å². The summed E-state index contributed by atoms with van der Waals surface area (Å²) >= 11 is 0. The maximum Gasteiger partial charge on any atom is 0.0431 e. The van der Waals surface area contributed by atoms with Gasteiger partial charge in [-0.2, -0.15) is 0 Å². The minimum Gasteiger partial charge on any atom is -0.396 e. The van der Waals surface area contributed by atoms with Gasteiger partial charge in [0.15, 0.2) is 0 Å². The second-order valence-electron chi connectivity index (χ2n) is 5.71. The van der Waals surface area contributed by atoms with Crippen LogP contribution in [0.2, 0.25) is 0 Å². The Kier molecular flexibility index (Phi) is 4.79. The van der Waals surface area contributed by atoms with Gasteiger partial charge in [0, 0.05) is 18.7 Å². The highest BCUT2D eigenvalue weighted by molar-refractivity contribution is 5.27. The zero-order valence-corrected chi connectivity index (χ0v) is 11.5. The fourth-order valence-corrected chi connectivity index (χ4v) is 2.83. The molecule has 0 radical (unpaired) electrons. The van der Waals surface area contributed by atoms with Crippen LogP contribution in [-0.4, -0.2) is 23.8 Å². The Morgan fingerprint density at radius 3 is 2.83 bits per heavy atom. The third-order valence-electron chi connectivity index (χ3n) is 3.97. The first-order chi connectivity index (χ1) is 8.69. The number of aryl methyl sites for hydroxylation is 1. The van der Waals surface area contributed by atoms with E-state index in [1.807, 2.05) is 0 Å². The Labute approximate surface area is 110 Å². The quantitative estimate of drug-likeness (QED) is 0.810. The topological polar surface area (TPSA) is 32.3 Å². The summed E-state index contributed by atoms with van der Waals surface area (Å²) in [5.74, 6) is 0.743. The van der Waals surface area contributed by atoms with Crippen molar-refractivity contribution in [1.82, 2.24) is 5.32 Å². The van der Waals surface area contributed by atoms with Gasteiger partial charge in [-0.1, -0.05) is 29.8 Å². The molecule has 1 aliphatic carbocycles. The number of aliphatic hydroxyl groups is 1. The molecule has 2 nitrogen and oxygen atoms in total. The van der Waals surface area contributed by atoms with E-state index in [4.69, 9.17) is 5.11 Å². The van der Waals surface area contributed by atoms with Crippen LogP contribution < -0.4 is 5.32 Å². The van der Waals surface area contributed by atoms with E-state index in [1.54, 1.807) is 0 Å². The number of hydrogen-bond donors (Lipinski definition) is 2. The van der Waals surface area contributed by atoms with Gasteiger partial charge in [-0.3, -0.25) is 0 Å². The molecule has 2 heteroatoms. The second kappa shape index (κ2) is 6.35. The molecular weight excluding hydrogens is 222 g/mol. The zero-order chi connectivity index (χ0) is 13.0. The minimum atomic E-state index is 0.308. The lowest BCUT2D eigenvalue weighted by Crippen LogP contribution is -2.44. The molecule has 0 aromatic heterocycles. The highest BCUT2D eigenvalue weighted by Crippen LogP contribution is 2.37. The molecule has 1 atom stereocenters. The summed E-state index contributed by atoms with van der Waals surface area (Å²) in [4.78, 5) is 0. The molecule has 18 heavy (non-hydrogen) atoms. The van der Waals surface area contributed by atoms with Gasteiger partial charge in [0.1, 0.15) is 0 Å². The molecule has 1 aromatic carbocycles. The largest absolute Gasteiger partial charge is 0.396 e. The first-order valence-electron chi connectivity index (χ1n) is 7.12. The van der Waals surface area contributed by atoms with Crippen molar-refractivity contribution in [2.45, 2.75) is 57.5 Å². The summed E-state index contributed by atoms with van der Waals surface area (Å²) in [5.41, 5.74) is 2.86. The summed E-state index contributed by atoms with van der Waals surface area (Å²) in [6.07, 6.45) is 4.49. The second-order valence-corrected chi connectivity index (χ2v) is 5.71. The molecule has 2 N–H and O–H groups in total. The van der Waals surface area contributed by atoms with Crippen LogP contribution in [0.15, 0.2) is 24.3 Å². The molecule has 0 bridgehead atoms. The van der Waals surface area contributed by atoms with Crippen molar-refractivity contribution in [1.29, 1.82) is 0 Å². The molecule has 0 amide bonds. The van der Waals surface area contributed by atoms with Crippen LogP contribution in [-0.2, 0) is 0 Å². The van der Waals surface area contributed by atoms with E-state index < -0.39 is 0 Å². The fraction of sp³-hybridized carbons (Fsp3) is 0.625. The van der Waals surface area contributed by atoms with Crippen molar-refractivity contribution >= 4 is 0 Å². The molecule has 1 unspecified atom stereocenters. The van der Waals surface area contributed by atoms with Crippen molar-refractivity contribution in [3.05, 3.63) is 35.4 Å². The van der Waals surface area contributed by atoms with E-state index in [0.717, 1.165) is 18.8 Å². The van der Waals surface area contributed by atoms with E-state index in [1.165, 1.54) is 24.0 Å². The number of benzene rings is 1. The van der Waals surface area contributed by atoms with E-state index in [2.05, 4.69) is 43.4 Å². The van der Waals surface area contributed by atoms with Gasteiger partial charge in [-0.15, -0.1) is 0 Å². The van der Waals surface area contributed by atoms with Gasteiger partial charge < -0.3 is 10.4 Å². The Morgan fingerprint density at radius 1 is 1.39 bits per heavy atom. The van der Waals surface area contributed by atoms with Crippen LogP contribution in [0, 0.1) is 6.92 Å². The summed E-state index contributed by atoms with van der Waals surface area (Å²) in [5, 5.41) is 12.5. The van der Waals surface area contributed by atoms with Crippen molar-refractivity contribution in [2.75, 3.05) is 6.61 Å². The lowest BCUT2D eigenvalue weighted by Gasteiger charge is -2.38. The molecule has 0 spiro atoms. The molecule has 1 fully saturated rings. The molecule has 0 heterocycles. The monoisotopic (exact) mass is 247 g/mol. The molecule has 0 saturated heterocycles. The predicted molar refractivity (Wildman–Crippen MR) is 75.9 cm³/mol. The number of nitrogens with one attached hydrogen (secondary N) is 1. The summed E-state index contributed by atoms with van der Waals surface area (Å²) in [7, 11) is 0. The van der Waals surface area contributed by atoms with Crippen LogP contribution in [0.5, 0.6) is 0 Å². The van der Waals surface area contributed by atoms with E-state index >= 15 is 0 Å². The molecule has 1 aromatic rings. The number of hydrogen-bond acceptors (Lipinski definition) is 2. The highest BCUT2D eigenvalue weighted by Gasteiger charge is 2.30. The lowest BCUT2D eigenvalue weighted by molar-refractivity contribution is 0.244. The molecule has 0 aliphatic heterocycles. The van der Waals surface area contributed by atoms with Crippen LogP contribution in [0.4, 0.5) is 0 Å². The van der Waals surface area contributed by atoms with Gasteiger partial charge in [-0.05, 0) is 51.0 Å². The van der Waals surface area contributed by atoms with Crippen LogP contribution >= 0.6 is 0 Å². The van der Waals surface area contributed by atoms with Gasteiger partial charge >= 0.3 is 0 Å². The normalized spacial score (nSPS) is 24.6. The van der Waals surface area contributed by atoms with Crippen molar-refractivity contribution in [2.24, 2.45) is 0 Å². The average Bonchev–Trinajstić information content (AvgIpc) is 2.30. The molecule has 1 aliphatic rings. The van der Waals surface area contributed by atoms with Crippen molar-refractivity contribution in [3.8, 4) is 0 Å². The fourth-order valence-electron chi connectivity index (χ4n) is 2.83. The zero-order valence-electron chi connectivity index (χ0n) is 11.5. The van der Waals surface area contributed by atoms with Crippen LogP contribution in [0.3, 0.4) is 0 Å². The number of rotatable bonds is 6. The van der Waals surface area contributed by atoms with Crippen LogP contribution in [0.1, 0.15) is 49.7 Å². The Balaban J connectivity index is 1.73. The first-order valence-corrected chi connectivity index (χ1v) is 7.12. The Bertz CT molecular complexity index is 371. The highest BCUT2D eigenvalue weighted by atomic mass is 16.2. The minimum absolute atomic E-state index is 0.308. The lowest BCUT2D eigenvalue weighted by atomic mass is 9.75. The first kappa shape index (κ1) is 13.6. The smallest absolute Gasteiger partial charge is 0.0431 e. The Hall–Kier alpha value is -0.860. The van der Waals surface area contributed by atoms with Crippen molar-refractivity contribution in [3.63, 3.8) is 0 Å². The third-order valence-corrected chi connectivity index (χ3v) is 3.97. The Morgan fingerprint density at radius 2 is 2.17 bits per heavy atom. The van der Waals surface area contributed by atoms with Gasteiger partial charge in [0.05, 0.1) is 0 Å². The molecular formula is C16H25NO. The molecule has 2 rings (SSSR count). The average molecular weight is 247 g/mol. The maximum absolute atomic E-state index is 8.81. The maximum atomic E-state index is 8.81. The van der Waals surface area contributed by atoms with E-state index in [9.17, 15) is 0 Å². The third kappa shape index (κ3) is 3.56. The molecule has 1 saturated carbocycles. The standard InChI is InChI=1S/C16H25NO/c1-12-5-3-7-14(9-12)15-10-16(11-15)17-13(2)6-4-8-18/h3,5,7,9,13,15-18H,4,6,8,10-11H2,1-2H3. The summed E-state index contributed by atoms with van der Waals surface area (Å²) in [6, 6.07) is 10.1. The van der Waals surface area contributed by atoms with Crippen LogP contribution in [0.25, 0.3) is 0 Å². The summed E-state index contributed by atoms with van der Waals surface area (Å²) < 4.78 is 0. The van der Waals surface area contributed by atoms with Gasteiger partial charge in [0.2, 0.25) is 0 Å². The number of aliphatic hydroxyl groups excluding tert-OH is 1. The van der Waals surface area contributed by atoms with E-state index in [-0.39, 0.29) is 0 Å². The van der Waals surface area contributed by atoms with Gasteiger partial charge in [0.25, 0.3) is 0 Å². The summed E-state index contributed by atoms with van der Waals surface area (Å²) in [6.45, 7) is 4.69.